The zero-order valence-electron chi connectivity index (χ0n) is 17.3. The second-order valence-electron chi connectivity index (χ2n) is 7.69. The lowest BCUT2D eigenvalue weighted by Gasteiger charge is -2.10. The Morgan fingerprint density at radius 3 is 2.19 bits per heavy atom. The summed E-state index contributed by atoms with van der Waals surface area (Å²) >= 11 is 0. The van der Waals surface area contributed by atoms with Crippen LogP contribution in [0, 0.1) is 0 Å². The summed E-state index contributed by atoms with van der Waals surface area (Å²) in [5, 5.41) is 18.8. The van der Waals surface area contributed by atoms with Gasteiger partial charge in [0.25, 0.3) is 0 Å². The minimum atomic E-state index is -1.10. The largest absolute Gasteiger partial charge is 0.491 e. The van der Waals surface area contributed by atoms with E-state index in [9.17, 15) is 14.6 Å². The van der Waals surface area contributed by atoms with Gasteiger partial charge in [-0.15, -0.1) is 0 Å². The number of pyridine rings is 1. The predicted octanol–water partition coefficient (Wildman–Crippen LogP) is 4.41. The van der Waals surface area contributed by atoms with Crippen molar-refractivity contribution in [3.05, 3.63) is 73.1 Å². The zero-order chi connectivity index (χ0) is 21.8. The molecule has 0 aliphatic carbocycles. The fourth-order valence-corrected chi connectivity index (χ4v) is 3.44. The summed E-state index contributed by atoms with van der Waals surface area (Å²) in [7, 11) is 0. The molecule has 2 unspecified atom stereocenters. The van der Waals surface area contributed by atoms with E-state index in [1.165, 1.54) is 0 Å². The molecule has 2 aliphatic rings. The molecule has 2 aromatic carbocycles. The molecule has 0 bridgehead atoms. The Morgan fingerprint density at radius 2 is 1.55 bits per heavy atom. The summed E-state index contributed by atoms with van der Waals surface area (Å²) < 4.78 is 19.6. The number of halogens is 1. The van der Waals surface area contributed by atoms with E-state index in [-0.39, 0.29) is 6.61 Å². The van der Waals surface area contributed by atoms with Crippen molar-refractivity contribution in [2.75, 3.05) is 13.3 Å². The van der Waals surface area contributed by atoms with Crippen molar-refractivity contribution in [2.45, 2.75) is 25.7 Å². The average Bonchev–Trinajstić information content (AvgIpc) is 3.21. The molecule has 0 aromatic heterocycles. The Labute approximate surface area is 180 Å². The quantitative estimate of drug-likeness (QED) is 0.443. The van der Waals surface area contributed by atoms with Gasteiger partial charge in [-0.25, -0.2) is 9.37 Å². The van der Waals surface area contributed by atoms with Gasteiger partial charge in [-0.1, -0.05) is 36.4 Å². The SMILES string of the molecule is CC(O)Cn1ccc2cc(-c3ccc(-c4ccc(OCC(O)CF)cc4)cc3)nc-2c1. The van der Waals surface area contributed by atoms with Gasteiger partial charge in [-0.05, 0) is 42.3 Å². The zero-order valence-corrected chi connectivity index (χ0v) is 17.3. The molecule has 4 rings (SSSR count). The van der Waals surface area contributed by atoms with E-state index in [4.69, 9.17) is 9.72 Å². The summed E-state index contributed by atoms with van der Waals surface area (Å²) in [6.45, 7) is 1.41. The van der Waals surface area contributed by atoms with E-state index in [0.717, 1.165) is 33.6 Å². The lowest BCUT2D eigenvalue weighted by molar-refractivity contribution is 0.0842. The van der Waals surface area contributed by atoms with Gasteiger partial charge in [0.05, 0.1) is 17.5 Å². The number of fused-ring (bicyclic) bond motifs is 1. The number of aliphatic hydroxyl groups excluding tert-OH is 2. The summed E-state index contributed by atoms with van der Waals surface area (Å²) in [5.41, 5.74) is 5.99. The molecule has 31 heavy (non-hydrogen) atoms. The molecule has 6 heteroatoms. The van der Waals surface area contributed by atoms with Crippen LogP contribution < -0.4 is 4.74 Å². The molecule has 2 aliphatic heterocycles. The highest BCUT2D eigenvalue weighted by atomic mass is 19.1. The number of alkyl halides is 1. The van der Waals surface area contributed by atoms with Gasteiger partial charge < -0.3 is 19.5 Å². The maximum absolute atomic E-state index is 12.3. The van der Waals surface area contributed by atoms with E-state index in [1.54, 1.807) is 6.92 Å². The summed E-state index contributed by atoms with van der Waals surface area (Å²) in [6.07, 6.45) is 2.40. The molecule has 0 radical (unpaired) electrons. The van der Waals surface area contributed by atoms with Crippen molar-refractivity contribution in [3.8, 4) is 39.4 Å². The summed E-state index contributed by atoms with van der Waals surface area (Å²) in [4.78, 5) is 4.74. The van der Waals surface area contributed by atoms with Gasteiger partial charge in [0, 0.05) is 30.1 Å². The van der Waals surface area contributed by atoms with Crippen LogP contribution in [-0.2, 0) is 6.54 Å². The smallest absolute Gasteiger partial charge is 0.119 e. The molecule has 5 nitrogen and oxygen atoms in total. The minimum Gasteiger partial charge on any atom is -0.491 e. The maximum Gasteiger partial charge on any atom is 0.119 e. The molecule has 0 amide bonds. The highest BCUT2D eigenvalue weighted by molar-refractivity contribution is 5.75. The van der Waals surface area contributed by atoms with Crippen molar-refractivity contribution in [3.63, 3.8) is 0 Å². The molecule has 160 valence electrons. The van der Waals surface area contributed by atoms with E-state index >= 15 is 0 Å². The second-order valence-corrected chi connectivity index (χ2v) is 7.69. The third kappa shape index (κ3) is 5.10. The van der Waals surface area contributed by atoms with Crippen LogP contribution in [0.1, 0.15) is 6.92 Å². The first kappa shape index (κ1) is 21.0. The fourth-order valence-electron chi connectivity index (χ4n) is 3.44. The Hall–Kier alpha value is -3.22. The van der Waals surface area contributed by atoms with Gasteiger partial charge in [0.1, 0.15) is 25.1 Å². The highest BCUT2D eigenvalue weighted by Gasteiger charge is 2.12. The molecular weight excluding hydrogens is 395 g/mol. The van der Waals surface area contributed by atoms with E-state index in [0.29, 0.717) is 12.3 Å². The third-order valence-electron chi connectivity index (χ3n) is 5.03. The normalized spacial score (nSPS) is 13.3. The van der Waals surface area contributed by atoms with Crippen LogP contribution in [-0.4, -0.2) is 45.3 Å². The first-order chi connectivity index (χ1) is 15.0. The van der Waals surface area contributed by atoms with Gasteiger partial charge in [0.2, 0.25) is 0 Å². The molecule has 0 spiro atoms. The molecule has 2 N–H and O–H groups in total. The first-order valence-corrected chi connectivity index (χ1v) is 10.2. The number of nitrogens with zero attached hydrogens (tertiary/aromatic N) is 2. The van der Waals surface area contributed by atoms with Crippen LogP contribution in [0.5, 0.6) is 5.75 Å². The average molecular weight is 420 g/mol. The maximum atomic E-state index is 12.3. The predicted molar refractivity (Wildman–Crippen MR) is 119 cm³/mol. The molecule has 2 atom stereocenters. The lowest BCUT2D eigenvalue weighted by atomic mass is 10.0. The van der Waals surface area contributed by atoms with Crippen LogP contribution in [0.3, 0.4) is 0 Å². The van der Waals surface area contributed by atoms with Gasteiger partial charge in [-0.2, -0.15) is 0 Å². The van der Waals surface area contributed by atoms with Crippen molar-refractivity contribution < 1.29 is 19.3 Å². The summed E-state index contributed by atoms with van der Waals surface area (Å²) in [5.74, 6) is 0.591. The molecule has 0 saturated carbocycles. The Bertz CT molecular complexity index is 1090. The van der Waals surface area contributed by atoms with Crippen molar-refractivity contribution >= 4 is 0 Å². The molecule has 0 fully saturated rings. The van der Waals surface area contributed by atoms with Crippen molar-refractivity contribution in [2.24, 2.45) is 0 Å². The molecule has 0 saturated heterocycles. The topological polar surface area (TPSA) is 67.5 Å². The number of aromatic nitrogens is 2. The van der Waals surface area contributed by atoms with Gasteiger partial charge >= 0.3 is 0 Å². The second kappa shape index (κ2) is 9.29. The van der Waals surface area contributed by atoms with E-state index in [1.807, 2.05) is 71.6 Å². The minimum absolute atomic E-state index is 0.0649. The van der Waals surface area contributed by atoms with Crippen LogP contribution in [0.4, 0.5) is 4.39 Å². The van der Waals surface area contributed by atoms with Crippen molar-refractivity contribution in [1.29, 1.82) is 0 Å². The van der Waals surface area contributed by atoms with Crippen LogP contribution >= 0.6 is 0 Å². The number of hydrogen-bond acceptors (Lipinski definition) is 4. The van der Waals surface area contributed by atoms with Gasteiger partial charge in [0.15, 0.2) is 0 Å². The van der Waals surface area contributed by atoms with Crippen molar-refractivity contribution in [1.82, 2.24) is 9.55 Å². The highest BCUT2D eigenvalue weighted by Crippen LogP contribution is 2.30. The summed E-state index contributed by atoms with van der Waals surface area (Å²) in [6, 6.07) is 19.7. The third-order valence-corrected chi connectivity index (χ3v) is 5.03. The number of aliphatic hydroxyl groups is 2. The van der Waals surface area contributed by atoms with Gasteiger partial charge in [-0.3, -0.25) is 0 Å². The number of hydrogen-bond donors (Lipinski definition) is 2. The Kier molecular flexibility index (Phi) is 6.30. The van der Waals surface area contributed by atoms with E-state index in [2.05, 4.69) is 6.07 Å². The Balaban J connectivity index is 1.48. The molecule has 2 aromatic rings. The molecular formula is C25H25FN2O3. The monoisotopic (exact) mass is 420 g/mol. The standard InChI is InChI=1S/C25H25FN2O3/c1-17(29)14-28-11-10-21-12-24(27-25(21)15-28)20-4-2-18(3-5-20)19-6-8-23(9-7-19)31-16-22(30)13-26/h2-12,15,17,22,29-30H,13-14,16H2,1H3. The van der Waals surface area contributed by atoms with Crippen LogP contribution in [0.2, 0.25) is 0 Å². The number of ether oxygens (including phenoxy) is 1. The first-order valence-electron chi connectivity index (χ1n) is 10.2. The number of benzene rings is 2. The van der Waals surface area contributed by atoms with E-state index < -0.39 is 18.9 Å². The fraction of sp³-hybridized carbons (Fsp3) is 0.240. The van der Waals surface area contributed by atoms with Crippen LogP contribution in [0.25, 0.3) is 33.6 Å². The van der Waals surface area contributed by atoms with Crippen LogP contribution in [0.15, 0.2) is 73.1 Å². The number of rotatable bonds is 8. The lowest BCUT2D eigenvalue weighted by Crippen LogP contribution is -2.19. The molecule has 2 heterocycles. The Morgan fingerprint density at radius 1 is 0.903 bits per heavy atom.